The quantitative estimate of drug-likeness (QED) is 0.599. The third-order valence-corrected chi connectivity index (χ3v) is 5.38. The van der Waals surface area contributed by atoms with Crippen LogP contribution < -0.4 is 14.8 Å². The predicted octanol–water partition coefficient (Wildman–Crippen LogP) is 4.58. The number of nitrogens with zero attached hydrogens (tertiary/aromatic N) is 1. The molecule has 2 N–H and O–H groups in total. The first-order valence-electron chi connectivity index (χ1n) is 9.32. The van der Waals surface area contributed by atoms with Gasteiger partial charge in [0.2, 0.25) is 0 Å². The lowest BCUT2D eigenvalue weighted by molar-refractivity contribution is 0.263. The van der Waals surface area contributed by atoms with Gasteiger partial charge < -0.3 is 20.0 Å². The standard InChI is InChI=1S/C22H28N2O3/c1-14(2)21-20(24-25)13-19(15-5-9-17(26-3)10-6-15)23-22(21)16-7-11-18(27-4)12-8-16/h5-12,14,19,21-23,25H,13H2,1-4H3/b24-20+/t19-,21+,22-/m1/s1. The van der Waals surface area contributed by atoms with Gasteiger partial charge in [-0.1, -0.05) is 43.3 Å². The molecular formula is C22H28N2O3. The summed E-state index contributed by atoms with van der Waals surface area (Å²) in [6.07, 6.45) is 0.679. The van der Waals surface area contributed by atoms with E-state index in [9.17, 15) is 5.21 Å². The molecule has 0 aliphatic carbocycles. The summed E-state index contributed by atoms with van der Waals surface area (Å²) < 4.78 is 10.6. The summed E-state index contributed by atoms with van der Waals surface area (Å²) in [5.41, 5.74) is 3.15. The second-order valence-electron chi connectivity index (χ2n) is 7.31. The van der Waals surface area contributed by atoms with E-state index in [1.165, 1.54) is 0 Å². The number of methoxy groups -OCH3 is 2. The average molecular weight is 368 g/mol. The summed E-state index contributed by atoms with van der Waals surface area (Å²) in [5, 5.41) is 17.2. The van der Waals surface area contributed by atoms with Crippen LogP contribution in [0, 0.1) is 11.8 Å². The van der Waals surface area contributed by atoms with Crippen molar-refractivity contribution in [2.45, 2.75) is 32.4 Å². The lowest BCUT2D eigenvalue weighted by Crippen LogP contribution is -2.44. The zero-order chi connectivity index (χ0) is 19.4. The van der Waals surface area contributed by atoms with Crippen molar-refractivity contribution in [1.82, 2.24) is 5.32 Å². The Balaban J connectivity index is 1.95. The zero-order valence-electron chi connectivity index (χ0n) is 16.3. The summed E-state index contributed by atoms with van der Waals surface area (Å²) in [6, 6.07) is 16.3. The van der Waals surface area contributed by atoms with Gasteiger partial charge in [-0.05, 0) is 41.3 Å². The van der Waals surface area contributed by atoms with Crippen molar-refractivity contribution in [1.29, 1.82) is 0 Å². The Labute approximate surface area is 161 Å². The van der Waals surface area contributed by atoms with Crippen molar-refractivity contribution in [3.05, 3.63) is 59.7 Å². The maximum absolute atomic E-state index is 9.72. The maximum atomic E-state index is 9.72. The Bertz CT molecular complexity index is 769. The maximum Gasteiger partial charge on any atom is 0.118 e. The van der Waals surface area contributed by atoms with Gasteiger partial charge in [0.1, 0.15) is 11.5 Å². The van der Waals surface area contributed by atoms with E-state index in [2.05, 4.69) is 48.6 Å². The molecule has 5 heteroatoms. The molecule has 0 radical (unpaired) electrons. The number of ether oxygens (including phenoxy) is 2. The molecule has 27 heavy (non-hydrogen) atoms. The molecule has 3 rings (SSSR count). The summed E-state index contributed by atoms with van der Waals surface area (Å²) in [4.78, 5) is 0. The lowest BCUT2D eigenvalue weighted by atomic mass is 9.75. The van der Waals surface area contributed by atoms with Gasteiger partial charge in [-0.2, -0.15) is 0 Å². The van der Waals surface area contributed by atoms with Crippen molar-refractivity contribution in [2.24, 2.45) is 17.0 Å². The third-order valence-electron chi connectivity index (χ3n) is 5.38. The molecule has 3 atom stereocenters. The normalized spacial score (nSPS) is 24.2. The van der Waals surface area contributed by atoms with Crippen LogP contribution >= 0.6 is 0 Å². The molecule has 144 valence electrons. The molecule has 1 fully saturated rings. The van der Waals surface area contributed by atoms with Gasteiger partial charge in [-0.3, -0.25) is 0 Å². The van der Waals surface area contributed by atoms with Crippen molar-refractivity contribution < 1.29 is 14.7 Å². The van der Waals surface area contributed by atoms with Crippen LogP contribution in [0.3, 0.4) is 0 Å². The SMILES string of the molecule is COc1ccc([C@H]2N[C@@H](c3ccc(OC)cc3)C/C(=N\O)[C@@H]2C(C)C)cc1. The summed E-state index contributed by atoms with van der Waals surface area (Å²) in [7, 11) is 3.33. The highest BCUT2D eigenvalue weighted by Crippen LogP contribution is 2.39. The fourth-order valence-electron chi connectivity index (χ4n) is 3.96. The molecular weight excluding hydrogens is 340 g/mol. The lowest BCUT2D eigenvalue weighted by Gasteiger charge is -2.40. The Hall–Kier alpha value is -2.53. The van der Waals surface area contributed by atoms with E-state index in [0.29, 0.717) is 12.3 Å². The van der Waals surface area contributed by atoms with Crippen LogP contribution in [0.15, 0.2) is 53.7 Å². The molecule has 1 aliphatic rings. The Morgan fingerprint density at radius 3 is 1.89 bits per heavy atom. The number of nitrogens with one attached hydrogen (secondary N) is 1. The van der Waals surface area contributed by atoms with E-state index < -0.39 is 0 Å². The van der Waals surface area contributed by atoms with E-state index in [0.717, 1.165) is 28.3 Å². The Kier molecular flexibility index (Phi) is 6.01. The van der Waals surface area contributed by atoms with Crippen LogP contribution in [0.2, 0.25) is 0 Å². The van der Waals surface area contributed by atoms with Gasteiger partial charge in [0.05, 0.1) is 19.9 Å². The van der Waals surface area contributed by atoms with Crippen LogP contribution in [-0.2, 0) is 0 Å². The zero-order valence-corrected chi connectivity index (χ0v) is 16.3. The molecule has 5 nitrogen and oxygen atoms in total. The molecule has 1 saturated heterocycles. The fourth-order valence-corrected chi connectivity index (χ4v) is 3.96. The van der Waals surface area contributed by atoms with E-state index >= 15 is 0 Å². The van der Waals surface area contributed by atoms with Crippen LogP contribution in [0.4, 0.5) is 0 Å². The fraction of sp³-hybridized carbons (Fsp3) is 0.409. The minimum absolute atomic E-state index is 0.0580. The highest BCUT2D eigenvalue weighted by Gasteiger charge is 2.38. The minimum atomic E-state index is 0.0580. The highest BCUT2D eigenvalue weighted by atomic mass is 16.5. The molecule has 0 amide bonds. The monoisotopic (exact) mass is 368 g/mol. The number of benzene rings is 2. The minimum Gasteiger partial charge on any atom is -0.497 e. The number of oxime groups is 1. The van der Waals surface area contributed by atoms with Gasteiger partial charge in [0.25, 0.3) is 0 Å². The van der Waals surface area contributed by atoms with Crippen LogP contribution in [0.25, 0.3) is 0 Å². The van der Waals surface area contributed by atoms with E-state index in [1.54, 1.807) is 14.2 Å². The largest absolute Gasteiger partial charge is 0.497 e. The Morgan fingerprint density at radius 2 is 1.44 bits per heavy atom. The molecule has 0 unspecified atom stereocenters. The van der Waals surface area contributed by atoms with Crippen molar-refractivity contribution >= 4 is 5.71 Å². The summed E-state index contributed by atoms with van der Waals surface area (Å²) >= 11 is 0. The van der Waals surface area contributed by atoms with Crippen molar-refractivity contribution in [2.75, 3.05) is 14.2 Å². The highest BCUT2D eigenvalue weighted by molar-refractivity contribution is 5.89. The first-order valence-corrected chi connectivity index (χ1v) is 9.32. The predicted molar refractivity (Wildman–Crippen MR) is 107 cm³/mol. The van der Waals surface area contributed by atoms with Gasteiger partial charge in [-0.25, -0.2) is 0 Å². The first-order chi connectivity index (χ1) is 13.1. The third kappa shape index (κ3) is 4.08. The molecule has 2 aromatic carbocycles. The van der Waals surface area contributed by atoms with Crippen molar-refractivity contribution in [3.63, 3.8) is 0 Å². The van der Waals surface area contributed by atoms with Crippen molar-refractivity contribution in [3.8, 4) is 11.5 Å². The number of piperidine rings is 1. The first kappa shape index (κ1) is 19.2. The summed E-state index contributed by atoms with van der Waals surface area (Å²) in [5.74, 6) is 2.13. The molecule has 1 aliphatic heterocycles. The second kappa shape index (κ2) is 8.44. The van der Waals surface area contributed by atoms with E-state index in [-0.39, 0.29) is 18.0 Å². The van der Waals surface area contributed by atoms with Gasteiger partial charge in [0, 0.05) is 24.4 Å². The number of rotatable bonds is 5. The van der Waals surface area contributed by atoms with Gasteiger partial charge in [-0.15, -0.1) is 0 Å². The Morgan fingerprint density at radius 1 is 0.926 bits per heavy atom. The number of hydrogen-bond donors (Lipinski definition) is 2. The summed E-state index contributed by atoms with van der Waals surface area (Å²) in [6.45, 7) is 4.34. The smallest absolute Gasteiger partial charge is 0.118 e. The van der Waals surface area contributed by atoms with Gasteiger partial charge >= 0.3 is 0 Å². The molecule has 1 heterocycles. The molecule has 2 aromatic rings. The van der Waals surface area contributed by atoms with E-state index in [4.69, 9.17) is 9.47 Å². The van der Waals surface area contributed by atoms with Crippen LogP contribution in [0.5, 0.6) is 11.5 Å². The average Bonchev–Trinajstić information content (AvgIpc) is 2.72. The second-order valence-corrected chi connectivity index (χ2v) is 7.31. The molecule has 0 aromatic heterocycles. The molecule has 0 bridgehead atoms. The number of hydrogen-bond acceptors (Lipinski definition) is 5. The van der Waals surface area contributed by atoms with E-state index in [1.807, 2.05) is 24.3 Å². The topological polar surface area (TPSA) is 63.1 Å². The van der Waals surface area contributed by atoms with Gasteiger partial charge in [0.15, 0.2) is 0 Å². The molecule has 0 saturated carbocycles. The van der Waals surface area contributed by atoms with Crippen LogP contribution in [0.1, 0.15) is 43.5 Å². The van der Waals surface area contributed by atoms with Crippen LogP contribution in [-0.4, -0.2) is 25.1 Å². The molecule has 0 spiro atoms.